The molecule has 0 bridgehead atoms. The number of nitrogens with zero attached hydrogens (tertiary/aromatic N) is 1. The van der Waals surface area contributed by atoms with Crippen LogP contribution in [0.1, 0.15) is 32.1 Å². The summed E-state index contributed by atoms with van der Waals surface area (Å²) in [6, 6.07) is 1.83. The van der Waals surface area contributed by atoms with Crippen LogP contribution >= 0.6 is 0 Å². The summed E-state index contributed by atoms with van der Waals surface area (Å²) < 4.78 is 0. The van der Waals surface area contributed by atoms with Gasteiger partial charge >= 0.3 is 0 Å². The van der Waals surface area contributed by atoms with E-state index in [1.807, 2.05) is 6.07 Å². The Hall–Kier alpha value is -1.29. The van der Waals surface area contributed by atoms with Gasteiger partial charge in [0.25, 0.3) is 0 Å². The molecule has 0 atom stereocenters. The first-order chi connectivity index (χ1) is 7.70. The molecule has 16 heavy (non-hydrogen) atoms. The zero-order valence-corrected chi connectivity index (χ0v) is 9.45. The molecule has 4 nitrogen and oxygen atoms in total. The van der Waals surface area contributed by atoms with Gasteiger partial charge in [0.05, 0.1) is 23.2 Å². The number of anilines is 2. The van der Waals surface area contributed by atoms with Crippen molar-refractivity contribution in [2.75, 3.05) is 17.6 Å². The molecule has 0 aliphatic heterocycles. The molecule has 0 saturated heterocycles. The third-order valence-corrected chi connectivity index (χ3v) is 3.24. The highest BCUT2D eigenvalue weighted by Gasteiger charge is 2.28. The zero-order chi connectivity index (χ0) is 11.4. The van der Waals surface area contributed by atoms with Crippen LogP contribution in [0, 0.1) is 0 Å². The van der Waals surface area contributed by atoms with Crippen LogP contribution < -0.4 is 11.1 Å². The number of hydrogen-bond acceptors (Lipinski definition) is 4. The lowest BCUT2D eigenvalue weighted by molar-refractivity contribution is 0.0167. The molecule has 88 valence electrons. The third kappa shape index (κ3) is 2.64. The van der Waals surface area contributed by atoms with Gasteiger partial charge in [0, 0.05) is 12.7 Å². The Kier molecular flexibility index (Phi) is 3.29. The lowest BCUT2D eigenvalue weighted by Gasteiger charge is -2.32. The molecule has 1 heterocycles. The van der Waals surface area contributed by atoms with E-state index in [9.17, 15) is 5.11 Å². The average molecular weight is 221 g/mol. The fourth-order valence-electron chi connectivity index (χ4n) is 2.21. The van der Waals surface area contributed by atoms with Crippen molar-refractivity contribution in [3.8, 4) is 0 Å². The predicted octanol–water partition coefficient (Wildman–Crippen LogP) is 1.77. The Morgan fingerprint density at radius 1 is 1.38 bits per heavy atom. The van der Waals surface area contributed by atoms with Gasteiger partial charge in [-0.3, -0.25) is 4.98 Å². The Morgan fingerprint density at radius 3 is 2.81 bits per heavy atom. The van der Waals surface area contributed by atoms with Crippen molar-refractivity contribution in [2.45, 2.75) is 37.7 Å². The summed E-state index contributed by atoms with van der Waals surface area (Å²) in [6.07, 6.45) is 8.54. The van der Waals surface area contributed by atoms with Crippen LogP contribution in [-0.4, -0.2) is 22.2 Å². The number of nitrogens with one attached hydrogen (secondary N) is 1. The second-order valence-corrected chi connectivity index (χ2v) is 4.60. The molecule has 0 amide bonds. The molecule has 0 unspecified atom stereocenters. The highest BCUT2D eigenvalue weighted by Crippen LogP contribution is 2.28. The maximum atomic E-state index is 10.3. The first-order valence-electron chi connectivity index (χ1n) is 5.85. The van der Waals surface area contributed by atoms with Crippen LogP contribution in [0.25, 0.3) is 0 Å². The fraction of sp³-hybridized carbons (Fsp3) is 0.583. The van der Waals surface area contributed by atoms with Crippen molar-refractivity contribution in [3.05, 3.63) is 18.5 Å². The minimum Gasteiger partial charge on any atom is -0.396 e. The highest BCUT2D eigenvalue weighted by molar-refractivity contribution is 5.64. The normalized spacial score (nSPS) is 19.3. The highest BCUT2D eigenvalue weighted by atomic mass is 16.3. The smallest absolute Gasteiger partial charge is 0.0819 e. The lowest BCUT2D eigenvalue weighted by Crippen LogP contribution is -2.38. The summed E-state index contributed by atoms with van der Waals surface area (Å²) in [5.74, 6) is 0. The minimum absolute atomic E-state index is 0.562. The largest absolute Gasteiger partial charge is 0.396 e. The van der Waals surface area contributed by atoms with Gasteiger partial charge in [-0.15, -0.1) is 0 Å². The van der Waals surface area contributed by atoms with Gasteiger partial charge in [0.2, 0.25) is 0 Å². The van der Waals surface area contributed by atoms with Gasteiger partial charge < -0.3 is 16.2 Å². The number of aliphatic hydroxyl groups is 1. The molecule has 4 heteroatoms. The van der Waals surface area contributed by atoms with Gasteiger partial charge in [0.1, 0.15) is 0 Å². The number of aromatic nitrogens is 1. The Labute approximate surface area is 95.9 Å². The molecule has 0 aromatic carbocycles. The molecule has 1 saturated carbocycles. The van der Waals surface area contributed by atoms with Gasteiger partial charge in [-0.2, -0.15) is 0 Å². The molecule has 1 fully saturated rings. The minimum atomic E-state index is -0.562. The van der Waals surface area contributed by atoms with Crippen LogP contribution in [0.4, 0.5) is 11.4 Å². The van der Waals surface area contributed by atoms with Gasteiger partial charge in [-0.1, -0.05) is 19.3 Å². The summed E-state index contributed by atoms with van der Waals surface area (Å²) >= 11 is 0. The van der Waals surface area contributed by atoms with E-state index in [0.29, 0.717) is 12.2 Å². The number of hydrogen-bond donors (Lipinski definition) is 3. The van der Waals surface area contributed by atoms with Crippen molar-refractivity contribution in [2.24, 2.45) is 0 Å². The van der Waals surface area contributed by atoms with E-state index >= 15 is 0 Å². The Balaban J connectivity index is 1.94. The van der Waals surface area contributed by atoms with E-state index < -0.39 is 5.60 Å². The summed E-state index contributed by atoms with van der Waals surface area (Å²) in [6.45, 7) is 0.571. The van der Waals surface area contributed by atoms with Crippen LogP contribution in [0.2, 0.25) is 0 Å². The molecule has 1 aliphatic rings. The molecule has 0 spiro atoms. The molecule has 4 N–H and O–H groups in total. The van der Waals surface area contributed by atoms with E-state index in [2.05, 4.69) is 10.3 Å². The van der Waals surface area contributed by atoms with Crippen molar-refractivity contribution >= 4 is 11.4 Å². The van der Waals surface area contributed by atoms with Crippen LogP contribution in [0.15, 0.2) is 18.5 Å². The second kappa shape index (κ2) is 4.70. The van der Waals surface area contributed by atoms with Crippen molar-refractivity contribution in [1.29, 1.82) is 0 Å². The third-order valence-electron chi connectivity index (χ3n) is 3.24. The van der Waals surface area contributed by atoms with Crippen LogP contribution in [0.5, 0.6) is 0 Å². The van der Waals surface area contributed by atoms with E-state index in [0.717, 1.165) is 31.4 Å². The summed E-state index contributed by atoms with van der Waals surface area (Å²) in [5.41, 5.74) is 6.69. The molecule has 2 rings (SSSR count). The van der Waals surface area contributed by atoms with Crippen LogP contribution in [0.3, 0.4) is 0 Å². The van der Waals surface area contributed by atoms with Crippen LogP contribution in [-0.2, 0) is 0 Å². The fourth-order valence-corrected chi connectivity index (χ4v) is 2.21. The zero-order valence-electron chi connectivity index (χ0n) is 9.45. The molecular formula is C12H19N3O. The first kappa shape index (κ1) is 11.2. The van der Waals surface area contributed by atoms with Crippen molar-refractivity contribution in [3.63, 3.8) is 0 Å². The monoisotopic (exact) mass is 221 g/mol. The maximum absolute atomic E-state index is 10.3. The van der Waals surface area contributed by atoms with Crippen molar-refractivity contribution < 1.29 is 5.11 Å². The Morgan fingerprint density at radius 2 is 2.12 bits per heavy atom. The number of nitrogens with two attached hydrogens (primary N) is 1. The predicted molar refractivity (Wildman–Crippen MR) is 65.2 cm³/mol. The number of pyridine rings is 1. The summed E-state index contributed by atoms with van der Waals surface area (Å²) in [7, 11) is 0. The number of nitrogen functional groups attached to an aromatic ring is 1. The first-order valence-corrected chi connectivity index (χ1v) is 5.85. The molecule has 1 aromatic heterocycles. The maximum Gasteiger partial charge on any atom is 0.0819 e. The molecular weight excluding hydrogens is 202 g/mol. The standard InChI is InChI=1S/C12H19N3O/c13-10-8-14-7-4-11(10)15-9-12(16)5-2-1-3-6-12/h4,7-8,16H,1-3,5-6,9,13H2,(H,14,15). The van der Waals surface area contributed by atoms with Gasteiger partial charge in [-0.25, -0.2) is 0 Å². The summed E-state index contributed by atoms with van der Waals surface area (Å²) in [5, 5.41) is 13.5. The van der Waals surface area contributed by atoms with Gasteiger partial charge in [0.15, 0.2) is 0 Å². The quantitative estimate of drug-likeness (QED) is 0.727. The topological polar surface area (TPSA) is 71.2 Å². The molecule has 0 radical (unpaired) electrons. The SMILES string of the molecule is Nc1cnccc1NCC1(O)CCCCC1. The molecule has 1 aliphatic carbocycles. The second-order valence-electron chi connectivity index (χ2n) is 4.60. The average Bonchev–Trinajstić information content (AvgIpc) is 2.29. The van der Waals surface area contributed by atoms with E-state index in [4.69, 9.17) is 5.73 Å². The van der Waals surface area contributed by atoms with E-state index in [-0.39, 0.29) is 0 Å². The lowest BCUT2D eigenvalue weighted by atomic mass is 9.85. The molecule has 1 aromatic rings. The Bertz CT molecular complexity index is 348. The van der Waals surface area contributed by atoms with Crippen molar-refractivity contribution in [1.82, 2.24) is 4.98 Å². The summed E-state index contributed by atoms with van der Waals surface area (Å²) in [4.78, 5) is 3.93. The number of rotatable bonds is 3. The van der Waals surface area contributed by atoms with Gasteiger partial charge in [-0.05, 0) is 18.9 Å². The van der Waals surface area contributed by atoms with E-state index in [1.54, 1.807) is 12.4 Å². The van der Waals surface area contributed by atoms with E-state index in [1.165, 1.54) is 6.42 Å².